The maximum Gasteiger partial charge on any atom is 0.455 e. The Hall–Kier alpha value is -4.07. The van der Waals surface area contributed by atoms with E-state index in [9.17, 15) is 27.9 Å². The number of halogens is 3. The van der Waals surface area contributed by atoms with Gasteiger partial charge in [-0.25, -0.2) is 4.79 Å². The van der Waals surface area contributed by atoms with E-state index in [2.05, 4.69) is 0 Å². The molecule has 0 bridgehead atoms. The van der Waals surface area contributed by atoms with Crippen molar-refractivity contribution in [2.24, 2.45) is 0 Å². The molecule has 3 aromatic carbocycles. The smallest absolute Gasteiger partial charge is 0.455 e. The standard InChI is InChI=1S/C23H12F3NO4/c24-23(25,26)21(29)19-20(28)18-16(31-22(19)30)11-10-15-17(18)13-8-4-5-9-14(13)27(15)12-6-2-1-3-7-12/h1-11,28H. The number of alkyl halides is 3. The van der Waals surface area contributed by atoms with Gasteiger partial charge in [-0.2, -0.15) is 13.2 Å². The maximum absolute atomic E-state index is 13.0. The Morgan fingerprint density at radius 3 is 2.26 bits per heavy atom. The van der Waals surface area contributed by atoms with Crippen LogP contribution in [0.25, 0.3) is 38.5 Å². The molecule has 0 aliphatic heterocycles. The van der Waals surface area contributed by atoms with E-state index < -0.39 is 28.9 Å². The van der Waals surface area contributed by atoms with E-state index in [4.69, 9.17) is 4.42 Å². The molecule has 2 aromatic heterocycles. The first kappa shape index (κ1) is 18.9. The van der Waals surface area contributed by atoms with E-state index in [0.717, 1.165) is 11.2 Å². The number of hydrogen-bond acceptors (Lipinski definition) is 4. The predicted octanol–water partition coefficient (Wildman–Crippen LogP) is 5.34. The Morgan fingerprint density at radius 2 is 1.55 bits per heavy atom. The first-order valence-electron chi connectivity index (χ1n) is 9.18. The first-order valence-corrected chi connectivity index (χ1v) is 9.18. The second-order valence-electron chi connectivity index (χ2n) is 6.96. The van der Waals surface area contributed by atoms with Crippen LogP contribution in [-0.4, -0.2) is 21.6 Å². The maximum atomic E-state index is 13.0. The Morgan fingerprint density at radius 1 is 0.871 bits per heavy atom. The van der Waals surface area contributed by atoms with Gasteiger partial charge >= 0.3 is 11.8 Å². The van der Waals surface area contributed by atoms with Crippen LogP contribution in [0.4, 0.5) is 13.2 Å². The van der Waals surface area contributed by atoms with Crippen molar-refractivity contribution in [2.75, 3.05) is 0 Å². The van der Waals surface area contributed by atoms with Crippen LogP contribution >= 0.6 is 0 Å². The molecule has 0 spiro atoms. The highest BCUT2D eigenvalue weighted by Crippen LogP contribution is 2.41. The molecule has 5 aromatic rings. The Labute approximate surface area is 171 Å². The number of carbonyl (C=O) groups excluding carboxylic acids is 1. The number of nitrogens with zero attached hydrogens (tertiary/aromatic N) is 1. The van der Waals surface area contributed by atoms with Crippen LogP contribution < -0.4 is 5.63 Å². The van der Waals surface area contributed by atoms with Gasteiger partial charge in [0.15, 0.2) is 5.56 Å². The summed E-state index contributed by atoms with van der Waals surface area (Å²) in [5, 5.41) is 11.6. The summed E-state index contributed by atoms with van der Waals surface area (Å²) >= 11 is 0. The van der Waals surface area contributed by atoms with Crippen LogP contribution in [0.5, 0.6) is 5.75 Å². The number of aromatic nitrogens is 1. The van der Waals surface area contributed by atoms with Crippen LogP contribution in [0.2, 0.25) is 0 Å². The fourth-order valence-corrected chi connectivity index (χ4v) is 3.93. The van der Waals surface area contributed by atoms with Crippen LogP contribution in [0, 0.1) is 0 Å². The minimum Gasteiger partial charge on any atom is -0.506 e. The first-order chi connectivity index (χ1) is 14.8. The molecule has 154 valence electrons. The number of ketones is 1. The summed E-state index contributed by atoms with van der Waals surface area (Å²) < 4.78 is 46.0. The topological polar surface area (TPSA) is 72.4 Å². The molecule has 0 unspecified atom stereocenters. The van der Waals surface area contributed by atoms with Crippen molar-refractivity contribution >= 4 is 38.6 Å². The summed E-state index contributed by atoms with van der Waals surface area (Å²) in [6.07, 6.45) is -5.34. The zero-order chi connectivity index (χ0) is 21.9. The normalized spacial score (nSPS) is 12.1. The molecule has 0 saturated heterocycles. The van der Waals surface area contributed by atoms with Crippen LogP contribution in [0.1, 0.15) is 10.4 Å². The van der Waals surface area contributed by atoms with E-state index in [0.29, 0.717) is 16.3 Å². The molecule has 0 saturated carbocycles. The highest BCUT2D eigenvalue weighted by atomic mass is 19.4. The van der Waals surface area contributed by atoms with Crippen LogP contribution in [-0.2, 0) is 0 Å². The van der Waals surface area contributed by atoms with Crippen LogP contribution in [0.15, 0.2) is 75.9 Å². The Balaban J connectivity index is 2.01. The summed E-state index contributed by atoms with van der Waals surface area (Å²) in [6.45, 7) is 0. The minimum atomic E-state index is -5.34. The second-order valence-corrected chi connectivity index (χ2v) is 6.96. The van der Waals surface area contributed by atoms with E-state index in [-0.39, 0.29) is 11.0 Å². The average Bonchev–Trinajstić information content (AvgIpc) is 3.08. The average molecular weight is 423 g/mol. The Kier molecular flexibility index (Phi) is 3.95. The fraction of sp³-hybridized carbons (Fsp3) is 0.0435. The highest BCUT2D eigenvalue weighted by Gasteiger charge is 2.43. The molecule has 5 rings (SSSR count). The molecule has 1 N–H and O–H groups in total. The lowest BCUT2D eigenvalue weighted by Gasteiger charge is -2.10. The van der Waals surface area contributed by atoms with Crippen molar-refractivity contribution in [2.45, 2.75) is 6.18 Å². The summed E-state index contributed by atoms with van der Waals surface area (Å²) in [7, 11) is 0. The van der Waals surface area contributed by atoms with Crippen molar-refractivity contribution < 1.29 is 27.5 Å². The zero-order valence-corrected chi connectivity index (χ0v) is 15.6. The second kappa shape index (κ2) is 6.46. The number of Topliss-reactive ketones (excluding diaryl/α,β-unsaturated/α-hetero) is 1. The summed E-state index contributed by atoms with van der Waals surface area (Å²) in [5.41, 5.74) is -1.01. The van der Waals surface area contributed by atoms with Gasteiger partial charge in [-0.15, -0.1) is 0 Å². The third-order valence-electron chi connectivity index (χ3n) is 5.18. The van der Waals surface area contributed by atoms with Crippen molar-refractivity contribution in [3.05, 3.63) is 82.7 Å². The molecule has 8 heteroatoms. The van der Waals surface area contributed by atoms with Gasteiger partial charge in [0.1, 0.15) is 11.3 Å². The lowest BCUT2D eigenvalue weighted by Crippen LogP contribution is -2.28. The van der Waals surface area contributed by atoms with Crippen LogP contribution in [0.3, 0.4) is 0 Å². The SMILES string of the molecule is O=C(c1c(O)c2c(ccc3c2c2ccccc2n3-c2ccccc2)oc1=O)C(F)(F)F. The lowest BCUT2D eigenvalue weighted by molar-refractivity contribution is -0.0888. The van der Waals surface area contributed by atoms with Gasteiger partial charge < -0.3 is 14.1 Å². The number of rotatable bonds is 2. The zero-order valence-electron chi connectivity index (χ0n) is 15.6. The molecule has 0 atom stereocenters. The predicted molar refractivity (Wildman–Crippen MR) is 109 cm³/mol. The van der Waals surface area contributed by atoms with Gasteiger partial charge in [0.05, 0.1) is 16.4 Å². The number of aromatic hydroxyl groups is 1. The fourth-order valence-electron chi connectivity index (χ4n) is 3.93. The van der Waals surface area contributed by atoms with Crippen molar-refractivity contribution in [3.8, 4) is 11.4 Å². The summed E-state index contributed by atoms with van der Waals surface area (Å²) in [6, 6.07) is 19.4. The monoisotopic (exact) mass is 423 g/mol. The van der Waals surface area contributed by atoms with Gasteiger partial charge in [-0.05, 0) is 30.3 Å². The third-order valence-corrected chi connectivity index (χ3v) is 5.18. The van der Waals surface area contributed by atoms with E-state index in [1.54, 1.807) is 24.3 Å². The molecule has 0 amide bonds. The molecular formula is C23H12F3NO4. The van der Waals surface area contributed by atoms with Crippen molar-refractivity contribution in [3.63, 3.8) is 0 Å². The number of benzene rings is 3. The highest BCUT2D eigenvalue weighted by molar-refractivity contribution is 6.23. The van der Waals surface area contributed by atoms with Gasteiger partial charge in [-0.1, -0.05) is 36.4 Å². The molecular weight excluding hydrogens is 411 g/mol. The molecule has 0 aliphatic carbocycles. The Bertz CT molecular complexity index is 1560. The molecule has 0 aliphatic rings. The van der Waals surface area contributed by atoms with E-state index in [1.807, 2.05) is 41.0 Å². The molecule has 31 heavy (non-hydrogen) atoms. The lowest BCUT2D eigenvalue weighted by atomic mass is 10.0. The minimum absolute atomic E-state index is 0.121. The van der Waals surface area contributed by atoms with E-state index in [1.165, 1.54) is 6.07 Å². The third kappa shape index (κ3) is 2.72. The van der Waals surface area contributed by atoms with E-state index >= 15 is 0 Å². The number of fused-ring (bicyclic) bond motifs is 5. The van der Waals surface area contributed by atoms with Gasteiger partial charge in [0.2, 0.25) is 0 Å². The van der Waals surface area contributed by atoms with Gasteiger partial charge in [-0.3, -0.25) is 4.79 Å². The number of para-hydroxylation sites is 2. The summed E-state index contributed by atoms with van der Waals surface area (Å²) in [5.74, 6) is -3.50. The number of hydrogen-bond donors (Lipinski definition) is 1. The molecule has 5 nitrogen and oxygen atoms in total. The molecule has 2 heterocycles. The van der Waals surface area contributed by atoms with Gasteiger partial charge in [0, 0.05) is 16.5 Å². The molecule has 0 fully saturated rings. The van der Waals surface area contributed by atoms with Gasteiger partial charge in [0.25, 0.3) is 5.78 Å². The van der Waals surface area contributed by atoms with Crippen molar-refractivity contribution in [1.29, 1.82) is 0 Å². The summed E-state index contributed by atoms with van der Waals surface area (Å²) in [4.78, 5) is 23.9. The molecule has 0 radical (unpaired) electrons. The quantitative estimate of drug-likeness (QED) is 0.307. The van der Waals surface area contributed by atoms with Crippen molar-refractivity contribution in [1.82, 2.24) is 4.57 Å². The number of carbonyl (C=O) groups is 1. The largest absolute Gasteiger partial charge is 0.506 e.